The van der Waals surface area contributed by atoms with Crippen molar-refractivity contribution in [2.24, 2.45) is 0 Å². The molecule has 2 nitrogen and oxygen atoms in total. The minimum absolute atomic E-state index is 0.538. The summed E-state index contributed by atoms with van der Waals surface area (Å²) in [6.45, 7) is 0. The van der Waals surface area contributed by atoms with Crippen LogP contribution >= 0.6 is 0 Å². The van der Waals surface area contributed by atoms with Gasteiger partial charge in [0.05, 0.1) is 16.4 Å². The molecule has 1 aliphatic rings. The Bertz CT molecular complexity index is 3760. The first-order valence-corrected chi connectivity index (χ1v) is 23.2. The van der Waals surface area contributed by atoms with Gasteiger partial charge in [-0.2, -0.15) is 0 Å². The third-order valence-corrected chi connectivity index (χ3v) is 14.0. The number of aromatic nitrogens is 1. The summed E-state index contributed by atoms with van der Waals surface area (Å²) < 4.78 is 2.50. The Kier molecular flexibility index (Phi) is 9.11. The highest BCUT2D eigenvalue weighted by Gasteiger charge is 2.46. The molecule has 314 valence electrons. The van der Waals surface area contributed by atoms with Gasteiger partial charge in [-0.25, -0.2) is 0 Å². The van der Waals surface area contributed by atoms with Gasteiger partial charge in [0.15, 0.2) is 0 Å². The third kappa shape index (κ3) is 6.18. The summed E-state index contributed by atoms with van der Waals surface area (Å²) in [4.78, 5) is 2.47. The van der Waals surface area contributed by atoms with E-state index in [4.69, 9.17) is 0 Å². The van der Waals surface area contributed by atoms with Crippen molar-refractivity contribution in [1.29, 1.82) is 0 Å². The van der Waals surface area contributed by atoms with Crippen LogP contribution in [0.15, 0.2) is 267 Å². The molecule has 0 aliphatic heterocycles. The molecule has 11 aromatic carbocycles. The summed E-state index contributed by atoms with van der Waals surface area (Å²) in [5.74, 6) is 0. The molecule has 1 heterocycles. The SMILES string of the molecule is c1ccc(-c2cccc(N(c3ccc4c(c3)C(c3ccccc3)(c3ccccc3)c3ccccc3-4)c3ccc4c5ccc6ccccc6c5n(-c5cccc(-c6ccccc6)c5)c4c3)c2)cc1. The number of nitrogens with zero attached hydrogens (tertiary/aromatic N) is 2. The van der Waals surface area contributed by atoms with Crippen molar-refractivity contribution in [1.82, 2.24) is 4.57 Å². The fraction of sp³-hybridized carbons (Fsp3) is 0.0154. The molecule has 67 heavy (non-hydrogen) atoms. The lowest BCUT2D eigenvalue weighted by molar-refractivity contribution is 0.768. The van der Waals surface area contributed by atoms with E-state index < -0.39 is 5.41 Å². The zero-order valence-corrected chi connectivity index (χ0v) is 36.8. The molecule has 0 amide bonds. The molecule has 0 radical (unpaired) electrons. The summed E-state index contributed by atoms with van der Waals surface area (Å²) in [5, 5.41) is 4.89. The Balaban J connectivity index is 1.09. The molecular weight excluding hydrogens is 809 g/mol. The first-order valence-electron chi connectivity index (χ1n) is 23.2. The molecule has 12 aromatic rings. The molecule has 0 bridgehead atoms. The van der Waals surface area contributed by atoms with Crippen molar-refractivity contribution in [2.45, 2.75) is 5.41 Å². The maximum absolute atomic E-state index is 2.50. The van der Waals surface area contributed by atoms with Gasteiger partial charge in [-0.05, 0) is 110 Å². The summed E-state index contributed by atoms with van der Waals surface area (Å²) >= 11 is 0. The molecule has 0 saturated carbocycles. The number of fused-ring (bicyclic) bond motifs is 8. The molecule has 13 rings (SSSR count). The molecular formula is C65H44N2. The van der Waals surface area contributed by atoms with Gasteiger partial charge in [-0.15, -0.1) is 0 Å². The average Bonchev–Trinajstić information content (AvgIpc) is 3.90. The Hall–Kier alpha value is -8.72. The van der Waals surface area contributed by atoms with Crippen LogP contribution in [-0.4, -0.2) is 4.57 Å². The standard InChI is InChI=1S/C65H44N2/c1-5-19-45(20-6-1)48-24-17-30-52(41-48)66(54-36-39-58-57-33-15-16-34-61(57)65(62(58)43-54,50-26-9-3-10-27-50)51-28-11-4-12-29-51)55-37-40-59-60-38-35-47-23-13-14-32-56(47)64(60)67(63(59)44-55)53-31-18-25-49(42-53)46-21-7-2-8-22-46/h1-44H. The maximum Gasteiger partial charge on any atom is 0.0714 e. The minimum atomic E-state index is -0.538. The molecule has 0 fully saturated rings. The van der Waals surface area contributed by atoms with Crippen LogP contribution in [0.5, 0.6) is 0 Å². The highest BCUT2D eigenvalue weighted by Crippen LogP contribution is 2.57. The van der Waals surface area contributed by atoms with Gasteiger partial charge < -0.3 is 9.47 Å². The zero-order chi connectivity index (χ0) is 44.3. The van der Waals surface area contributed by atoms with Crippen molar-refractivity contribution in [3.05, 3.63) is 289 Å². The van der Waals surface area contributed by atoms with Crippen LogP contribution in [0, 0.1) is 0 Å². The molecule has 2 heteroatoms. The minimum Gasteiger partial charge on any atom is -0.310 e. The maximum atomic E-state index is 2.50. The topological polar surface area (TPSA) is 8.17 Å². The van der Waals surface area contributed by atoms with Crippen molar-refractivity contribution < 1.29 is 0 Å². The van der Waals surface area contributed by atoms with Gasteiger partial charge in [0, 0.05) is 38.9 Å². The van der Waals surface area contributed by atoms with E-state index in [0.717, 1.165) is 28.3 Å². The highest BCUT2D eigenvalue weighted by molar-refractivity contribution is 6.19. The Labute approximate surface area is 390 Å². The van der Waals surface area contributed by atoms with E-state index in [-0.39, 0.29) is 0 Å². The molecule has 1 aromatic heterocycles. The zero-order valence-electron chi connectivity index (χ0n) is 36.8. The lowest BCUT2D eigenvalue weighted by Crippen LogP contribution is -2.28. The van der Waals surface area contributed by atoms with Gasteiger partial charge >= 0.3 is 0 Å². The van der Waals surface area contributed by atoms with Crippen molar-refractivity contribution in [3.63, 3.8) is 0 Å². The first kappa shape index (κ1) is 38.7. The normalized spacial score (nSPS) is 12.6. The molecule has 0 N–H and O–H groups in total. The Morgan fingerprint density at radius 3 is 1.58 bits per heavy atom. The van der Waals surface area contributed by atoms with E-state index in [1.165, 1.54) is 82.7 Å². The predicted octanol–water partition coefficient (Wildman–Crippen LogP) is 17.1. The number of hydrogen-bond donors (Lipinski definition) is 0. The van der Waals surface area contributed by atoms with Crippen LogP contribution in [0.3, 0.4) is 0 Å². The second-order valence-corrected chi connectivity index (χ2v) is 17.6. The number of anilines is 3. The number of benzene rings is 11. The Morgan fingerprint density at radius 2 is 0.851 bits per heavy atom. The number of hydrogen-bond acceptors (Lipinski definition) is 1. The van der Waals surface area contributed by atoms with Crippen LogP contribution in [0.1, 0.15) is 22.3 Å². The van der Waals surface area contributed by atoms with E-state index in [1.807, 2.05) is 0 Å². The monoisotopic (exact) mass is 852 g/mol. The highest BCUT2D eigenvalue weighted by atomic mass is 15.1. The van der Waals surface area contributed by atoms with E-state index in [2.05, 4.69) is 276 Å². The predicted molar refractivity (Wildman–Crippen MR) is 281 cm³/mol. The van der Waals surface area contributed by atoms with Crippen LogP contribution in [-0.2, 0) is 5.41 Å². The van der Waals surface area contributed by atoms with Gasteiger partial charge in [0.2, 0.25) is 0 Å². The van der Waals surface area contributed by atoms with Crippen molar-refractivity contribution in [3.8, 4) is 39.1 Å². The second-order valence-electron chi connectivity index (χ2n) is 17.6. The smallest absolute Gasteiger partial charge is 0.0714 e. The van der Waals surface area contributed by atoms with Crippen molar-refractivity contribution in [2.75, 3.05) is 4.90 Å². The van der Waals surface area contributed by atoms with Gasteiger partial charge in [0.1, 0.15) is 0 Å². The molecule has 0 saturated heterocycles. The van der Waals surface area contributed by atoms with Crippen LogP contribution in [0.25, 0.3) is 71.6 Å². The van der Waals surface area contributed by atoms with E-state index in [0.29, 0.717) is 0 Å². The third-order valence-electron chi connectivity index (χ3n) is 14.0. The van der Waals surface area contributed by atoms with Gasteiger partial charge in [0.25, 0.3) is 0 Å². The van der Waals surface area contributed by atoms with E-state index in [9.17, 15) is 0 Å². The fourth-order valence-electron chi connectivity index (χ4n) is 11.1. The lowest BCUT2D eigenvalue weighted by atomic mass is 9.67. The first-order chi connectivity index (χ1) is 33.2. The molecule has 1 aliphatic carbocycles. The summed E-state index contributed by atoms with van der Waals surface area (Å²) in [6.07, 6.45) is 0. The largest absolute Gasteiger partial charge is 0.310 e. The fourth-order valence-corrected chi connectivity index (χ4v) is 11.1. The van der Waals surface area contributed by atoms with Gasteiger partial charge in [-0.1, -0.05) is 218 Å². The van der Waals surface area contributed by atoms with Crippen LogP contribution in [0.4, 0.5) is 17.1 Å². The Morgan fingerprint density at radius 1 is 0.313 bits per heavy atom. The summed E-state index contributed by atoms with van der Waals surface area (Å²) in [7, 11) is 0. The van der Waals surface area contributed by atoms with Crippen LogP contribution < -0.4 is 4.90 Å². The lowest BCUT2D eigenvalue weighted by Gasteiger charge is -2.35. The summed E-state index contributed by atoms with van der Waals surface area (Å²) in [5.41, 5.74) is 18.5. The molecule has 0 unspecified atom stereocenters. The second kappa shape index (κ2) is 15.8. The van der Waals surface area contributed by atoms with Gasteiger partial charge in [-0.3, -0.25) is 0 Å². The van der Waals surface area contributed by atoms with E-state index in [1.54, 1.807) is 0 Å². The summed E-state index contributed by atoms with van der Waals surface area (Å²) in [6, 6.07) is 98.2. The van der Waals surface area contributed by atoms with Crippen molar-refractivity contribution >= 4 is 49.6 Å². The quantitative estimate of drug-likeness (QED) is 0.148. The molecule has 0 atom stereocenters. The molecule has 0 spiro atoms. The van der Waals surface area contributed by atoms with E-state index >= 15 is 0 Å². The average molecular weight is 853 g/mol. The number of rotatable bonds is 8. The van der Waals surface area contributed by atoms with Crippen LogP contribution in [0.2, 0.25) is 0 Å².